The molecule has 0 amide bonds. The minimum atomic E-state index is -4.73. The van der Waals surface area contributed by atoms with Crippen molar-refractivity contribution in [1.29, 1.82) is 0 Å². The molecule has 0 heterocycles. The van der Waals surface area contributed by atoms with Crippen molar-refractivity contribution in [1.82, 2.24) is 0 Å². The molecule has 1 atom stereocenters. The summed E-state index contributed by atoms with van der Waals surface area (Å²) in [6, 6.07) is 4.99. The van der Waals surface area contributed by atoms with Gasteiger partial charge in [0.05, 0.1) is 0 Å². The number of rotatable bonds is 5. The van der Waals surface area contributed by atoms with Gasteiger partial charge in [0.2, 0.25) is 0 Å². The van der Waals surface area contributed by atoms with E-state index >= 15 is 0 Å². The third-order valence-corrected chi connectivity index (χ3v) is 2.29. The van der Waals surface area contributed by atoms with Crippen LogP contribution in [0.15, 0.2) is 24.3 Å². The van der Waals surface area contributed by atoms with Crippen molar-refractivity contribution in [3.05, 3.63) is 29.8 Å². The van der Waals surface area contributed by atoms with Gasteiger partial charge in [-0.25, -0.2) is 0 Å². The first kappa shape index (κ1) is 14.5. The van der Waals surface area contributed by atoms with E-state index in [0.717, 1.165) is 12.1 Å². The fourth-order valence-electron chi connectivity index (χ4n) is 1.36. The molecule has 1 unspecified atom stereocenters. The van der Waals surface area contributed by atoms with Crippen LogP contribution in [-0.2, 0) is 11.2 Å². The Balaban J connectivity index is 2.63. The molecular weight excluding hydrogens is 249 g/mol. The van der Waals surface area contributed by atoms with E-state index in [2.05, 4.69) is 4.74 Å². The number of hydrogen-bond donors (Lipinski definition) is 1. The Morgan fingerprint density at radius 1 is 1.33 bits per heavy atom. The Morgan fingerprint density at radius 3 is 2.33 bits per heavy atom. The van der Waals surface area contributed by atoms with Crippen LogP contribution in [0.5, 0.6) is 5.75 Å². The summed E-state index contributed by atoms with van der Waals surface area (Å²) in [6.45, 7) is 1.67. The Hall–Kier alpha value is -1.56. The van der Waals surface area contributed by atoms with E-state index in [1.807, 2.05) is 0 Å². The van der Waals surface area contributed by atoms with E-state index in [4.69, 9.17) is 0 Å². The number of aliphatic hydroxyl groups is 1. The van der Waals surface area contributed by atoms with Crippen LogP contribution >= 0.6 is 0 Å². The third kappa shape index (κ3) is 4.75. The molecule has 0 saturated heterocycles. The van der Waals surface area contributed by atoms with E-state index in [-0.39, 0.29) is 18.0 Å². The quantitative estimate of drug-likeness (QED) is 0.886. The minimum Gasteiger partial charge on any atom is -0.406 e. The second kappa shape index (κ2) is 5.86. The third-order valence-electron chi connectivity index (χ3n) is 2.29. The summed E-state index contributed by atoms with van der Waals surface area (Å²) in [5.41, 5.74) is 0.530. The molecule has 0 aromatic heterocycles. The van der Waals surface area contributed by atoms with Gasteiger partial charge in [-0.15, -0.1) is 13.2 Å². The van der Waals surface area contributed by atoms with Gasteiger partial charge in [0.1, 0.15) is 11.9 Å². The predicted molar refractivity (Wildman–Crippen MR) is 58.1 cm³/mol. The van der Waals surface area contributed by atoms with Gasteiger partial charge in [-0.1, -0.05) is 19.1 Å². The molecule has 0 aliphatic rings. The van der Waals surface area contributed by atoms with E-state index < -0.39 is 12.5 Å². The van der Waals surface area contributed by atoms with Gasteiger partial charge in [0.15, 0.2) is 5.78 Å². The maximum Gasteiger partial charge on any atom is 0.573 e. The summed E-state index contributed by atoms with van der Waals surface area (Å²) in [4.78, 5) is 11.4. The lowest BCUT2D eigenvalue weighted by Gasteiger charge is -2.10. The van der Waals surface area contributed by atoms with Gasteiger partial charge in [0.25, 0.3) is 0 Å². The lowest BCUT2D eigenvalue weighted by molar-refractivity contribution is -0.274. The van der Waals surface area contributed by atoms with Gasteiger partial charge >= 0.3 is 6.36 Å². The van der Waals surface area contributed by atoms with E-state index in [9.17, 15) is 23.1 Å². The Labute approximate surface area is 102 Å². The zero-order valence-corrected chi connectivity index (χ0v) is 9.70. The molecule has 3 nitrogen and oxygen atoms in total. The highest BCUT2D eigenvalue weighted by atomic mass is 19.4. The summed E-state index contributed by atoms with van der Waals surface area (Å²) < 4.78 is 39.4. The zero-order valence-electron chi connectivity index (χ0n) is 9.70. The first-order valence-electron chi connectivity index (χ1n) is 5.37. The van der Waals surface area contributed by atoms with Gasteiger partial charge in [-0.2, -0.15) is 0 Å². The smallest absolute Gasteiger partial charge is 0.406 e. The standard InChI is InChI=1S/C12H13F3O3/c1-2-10(16)11(17)7-8-3-5-9(6-4-8)18-12(13,14)15/h3-6,10,16H,2,7H2,1H3. The second-order valence-electron chi connectivity index (χ2n) is 3.76. The summed E-state index contributed by atoms with van der Waals surface area (Å²) >= 11 is 0. The Morgan fingerprint density at radius 2 is 1.89 bits per heavy atom. The van der Waals surface area contributed by atoms with Crippen LogP contribution in [0.2, 0.25) is 0 Å². The van der Waals surface area contributed by atoms with Crippen molar-refractivity contribution < 1.29 is 27.8 Å². The second-order valence-corrected chi connectivity index (χ2v) is 3.76. The van der Waals surface area contributed by atoms with Crippen LogP contribution in [0.25, 0.3) is 0 Å². The van der Waals surface area contributed by atoms with Gasteiger partial charge < -0.3 is 9.84 Å². The summed E-state index contributed by atoms with van der Waals surface area (Å²) in [6.07, 6.45) is -5.46. The van der Waals surface area contributed by atoms with Crippen molar-refractivity contribution >= 4 is 5.78 Å². The van der Waals surface area contributed by atoms with Crippen LogP contribution in [0.4, 0.5) is 13.2 Å². The first-order valence-corrected chi connectivity index (χ1v) is 5.37. The average molecular weight is 262 g/mol. The number of ether oxygens (including phenoxy) is 1. The van der Waals surface area contributed by atoms with Crippen LogP contribution in [0, 0.1) is 0 Å². The fraction of sp³-hybridized carbons (Fsp3) is 0.417. The molecule has 6 heteroatoms. The molecule has 1 N–H and O–H groups in total. The molecule has 1 rings (SSSR count). The summed E-state index contributed by atoms with van der Waals surface area (Å²) in [5.74, 6) is -0.697. The predicted octanol–water partition coefficient (Wildman–Crippen LogP) is 2.47. The van der Waals surface area contributed by atoms with Crippen LogP contribution in [0.3, 0.4) is 0 Å². The lowest BCUT2D eigenvalue weighted by Crippen LogP contribution is -2.21. The minimum absolute atomic E-state index is 0.0126. The van der Waals surface area contributed by atoms with Crippen LogP contribution < -0.4 is 4.74 Å². The van der Waals surface area contributed by atoms with Crippen molar-refractivity contribution in [3.63, 3.8) is 0 Å². The number of halogens is 3. The fourth-order valence-corrected chi connectivity index (χ4v) is 1.36. The molecule has 1 aromatic carbocycles. The van der Waals surface area contributed by atoms with Gasteiger partial charge in [0, 0.05) is 6.42 Å². The molecule has 0 radical (unpaired) electrons. The lowest BCUT2D eigenvalue weighted by atomic mass is 10.0. The number of benzene rings is 1. The summed E-state index contributed by atoms with van der Waals surface area (Å²) in [7, 11) is 0. The SMILES string of the molecule is CCC(O)C(=O)Cc1ccc(OC(F)(F)F)cc1. The molecule has 0 spiro atoms. The average Bonchev–Trinajstić information content (AvgIpc) is 2.28. The molecule has 100 valence electrons. The van der Waals surface area contributed by atoms with Gasteiger partial charge in [-0.05, 0) is 24.1 Å². The van der Waals surface area contributed by atoms with E-state index in [1.165, 1.54) is 12.1 Å². The molecule has 0 aliphatic carbocycles. The largest absolute Gasteiger partial charge is 0.573 e. The number of carbonyl (C=O) groups excluding carboxylic acids is 1. The molecule has 0 fully saturated rings. The van der Waals surface area contributed by atoms with E-state index in [1.54, 1.807) is 6.92 Å². The number of hydrogen-bond acceptors (Lipinski definition) is 3. The maximum absolute atomic E-state index is 11.9. The van der Waals surface area contributed by atoms with Gasteiger partial charge in [-0.3, -0.25) is 4.79 Å². The highest BCUT2D eigenvalue weighted by Gasteiger charge is 2.30. The molecule has 0 aliphatic heterocycles. The van der Waals surface area contributed by atoms with Crippen molar-refractivity contribution in [2.45, 2.75) is 32.2 Å². The number of carbonyl (C=O) groups is 1. The summed E-state index contributed by atoms with van der Waals surface area (Å²) in [5, 5.41) is 9.27. The normalized spacial score (nSPS) is 13.2. The molecule has 0 saturated carbocycles. The van der Waals surface area contributed by atoms with Crippen molar-refractivity contribution in [3.8, 4) is 5.75 Å². The molecule has 0 bridgehead atoms. The van der Waals surface area contributed by atoms with Crippen LogP contribution in [-0.4, -0.2) is 23.4 Å². The van der Waals surface area contributed by atoms with E-state index in [0.29, 0.717) is 12.0 Å². The Bertz CT molecular complexity index is 398. The Kier molecular flexibility index (Phi) is 4.72. The van der Waals surface area contributed by atoms with Crippen molar-refractivity contribution in [2.75, 3.05) is 0 Å². The topological polar surface area (TPSA) is 46.5 Å². The highest BCUT2D eigenvalue weighted by Crippen LogP contribution is 2.22. The maximum atomic E-state index is 11.9. The number of Topliss-reactive ketones (excluding diaryl/α,β-unsaturated/α-hetero) is 1. The van der Waals surface area contributed by atoms with Crippen LogP contribution in [0.1, 0.15) is 18.9 Å². The highest BCUT2D eigenvalue weighted by molar-refractivity contribution is 5.84. The number of ketones is 1. The molecular formula is C12H13F3O3. The van der Waals surface area contributed by atoms with Crippen molar-refractivity contribution in [2.24, 2.45) is 0 Å². The number of aliphatic hydroxyl groups excluding tert-OH is 1. The molecule has 1 aromatic rings. The zero-order chi connectivity index (χ0) is 13.8. The monoisotopic (exact) mass is 262 g/mol. The molecule has 18 heavy (non-hydrogen) atoms. The number of alkyl halides is 3. The first-order chi connectivity index (χ1) is 8.31.